The van der Waals surface area contributed by atoms with E-state index in [9.17, 15) is 14.7 Å². The molecule has 1 N–H and O–H groups in total. The summed E-state index contributed by atoms with van der Waals surface area (Å²) in [6.07, 6.45) is 13.4. The first-order chi connectivity index (χ1) is 18.1. The average molecular weight is 543 g/mol. The molecule has 5 aliphatic rings. The molecule has 4 saturated carbocycles. The third-order valence-corrected chi connectivity index (χ3v) is 13.6. The molecule has 0 heterocycles. The maximum atomic E-state index is 11.9. The van der Waals surface area contributed by atoms with Gasteiger partial charge in [0.1, 0.15) is 12.2 Å². The molecular formula is C34H54O5. The van der Waals surface area contributed by atoms with Crippen molar-refractivity contribution in [1.29, 1.82) is 0 Å². The molecule has 5 aliphatic carbocycles. The molecule has 39 heavy (non-hydrogen) atoms. The number of rotatable bonds is 3. The second-order valence-corrected chi connectivity index (χ2v) is 15.9. The Bertz CT molecular complexity index is 1030. The third-order valence-electron chi connectivity index (χ3n) is 13.6. The molecule has 5 rings (SSSR count). The lowest BCUT2D eigenvalue weighted by molar-refractivity contribution is -0.192. The van der Waals surface area contributed by atoms with E-state index in [-0.39, 0.29) is 52.4 Å². The van der Waals surface area contributed by atoms with Crippen molar-refractivity contribution in [2.75, 3.05) is 6.61 Å². The molecule has 0 bridgehead atoms. The Morgan fingerprint density at radius 3 is 2.05 bits per heavy atom. The van der Waals surface area contributed by atoms with Crippen molar-refractivity contribution in [2.24, 2.45) is 50.7 Å². The van der Waals surface area contributed by atoms with Gasteiger partial charge in [0.05, 0.1) is 6.61 Å². The van der Waals surface area contributed by atoms with Gasteiger partial charge in [-0.25, -0.2) is 0 Å². The van der Waals surface area contributed by atoms with E-state index in [0.717, 1.165) is 32.1 Å². The smallest absolute Gasteiger partial charge is 0.302 e. The molecule has 5 nitrogen and oxygen atoms in total. The van der Waals surface area contributed by atoms with E-state index < -0.39 is 5.41 Å². The topological polar surface area (TPSA) is 72.8 Å². The molecule has 4 fully saturated rings. The number of allylic oxidation sites excluding steroid dienone is 2. The molecular weight excluding hydrogens is 488 g/mol. The average Bonchev–Trinajstić information content (AvgIpc) is 3.00. The van der Waals surface area contributed by atoms with E-state index in [1.54, 1.807) is 12.5 Å². The summed E-state index contributed by atoms with van der Waals surface area (Å²) in [7, 11) is 0. The highest BCUT2D eigenvalue weighted by Gasteiger charge is 2.64. The lowest BCUT2D eigenvalue weighted by Gasteiger charge is -2.64. The van der Waals surface area contributed by atoms with Crippen LogP contribution in [0, 0.1) is 50.7 Å². The lowest BCUT2D eigenvalue weighted by Crippen LogP contribution is -2.59. The van der Waals surface area contributed by atoms with Crippen LogP contribution in [0.25, 0.3) is 0 Å². The Kier molecular flexibility index (Phi) is 7.17. The third kappa shape index (κ3) is 4.34. The van der Waals surface area contributed by atoms with Gasteiger partial charge in [-0.05, 0) is 104 Å². The fraction of sp³-hybridized carbons (Fsp3) is 0.882. The summed E-state index contributed by atoms with van der Waals surface area (Å²) in [6.45, 7) is 17.6. The first-order valence-corrected chi connectivity index (χ1v) is 15.8. The van der Waals surface area contributed by atoms with Gasteiger partial charge in [0, 0.05) is 24.7 Å². The number of aliphatic hydroxyl groups excluding tert-OH is 1. The molecule has 0 saturated heterocycles. The molecule has 0 radical (unpaired) electrons. The van der Waals surface area contributed by atoms with Crippen molar-refractivity contribution >= 4 is 11.9 Å². The fourth-order valence-corrected chi connectivity index (χ4v) is 11.8. The first kappa shape index (κ1) is 29.1. The van der Waals surface area contributed by atoms with Gasteiger partial charge in [-0.2, -0.15) is 0 Å². The van der Waals surface area contributed by atoms with Crippen LogP contribution in [0.2, 0.25) is 0 Å². The molecule has 5 heteroatoms. The van der Waals surface area contributed by atoms with Gasteiger partial charge in [0.2, 0.25) is 0 Å². The Hall–Kier alpha value is -1.36. The van der Waals surface area contributed by atoms with Gasteiger partial charge in [0.25, 0.3) is 0 Å². The zero-order chi connectivity index (χ0) is 28.6. The Morgan fingerprint density at radius 1 is 0.795 bits per heavy atom. The minimum atomic E-state index is -0.417. The van der Waals surface area contributed by atoms with Gasteiger partial charge in [-0.1, -0.05) is 53.2 Å². The lowest BCUT2D eigenvalue weighted by atomic mass is 9.42. The Labute approximate surface area is 236 Å². The van der Waals surface area contributed by atoms with Crippen LogP contribution in [-0.2, 0) is 19.1 Å². The molecule has 220 valence electrons. The minimum Gasteiger partial charge on any atom is -0.462 e. The van der Waals surface area contributed by atoms with E-state index in [1.807, 2.05) is 0 Å². The van der Waals surface area contributed by atoms with Gasteiger partial charge in [-0.15, -0.1) is 0 Å². The van der Waals surface area contributed by atoms with Crippen molar-refractivity contribution in [3.05, 3.63) is 11.6 Å². The van der Waals surface area contributed by atoms with E-state index in [1.165, 1.54) is 39.0 Å². The van der Waals surface area contributed by atoms with Crippen LogP contribution in [0.3, 0.4) is 0 Å². The van der Waals surface area contributed by atoms with Gasteiger partial charge < -0.3 is 14.6 Å². The zero-order valence-electron chi connectivity index (χ0n) is 25.9. The highest BCUT2D eigenvalue weighted by atomic mass is 16.5. The van der Waals surface area contributed by atoms with Crippen molar-refractivity contribution in [1.82, 2.24) is 0 Å². The van der Waals surface area contributed by atoms with Crippen LogP contribution in [-0.4, -0.2) is 35.9 Å². The molecule has 0 amide bonds. The summed E-state index contributed by atoms with van der Waals surface area (Å²) in [5.41, 5.74) is 1.87. The molecule has 10 unspecified atom stereocenters. The van der Waals surface area contributed by atoms with Crippen LogP contribution >= 0.6 is 0 Å². The minimum absolute atomic E-state index is 0.0109. The van der Waals surface area contributed by atoms with Gasteiger partial charge >= 0.3 is 11.9 Å². The van der Waals surface area contributed by atoms with Crippen LogP contribution in [0.1, 0.15) is 120 Å². The van der Waals surface area contributed by atoms with Crippen LogP contribution in [0.5, 0.6) is 0 Å². The molecule has 0 aromatic heterocycles. The highest BCUT2D eigenvalue weighted by molar-refractivity contribution is 5.66. The number of carbonyl (C=O) groups excluding carboxylic acids is 2. The summed E-state index contributed by atoms with van der Waals surface area (Å²) >= 11 is 0. The maximum Gasteiger partial charge on any atom is 0.302 e. The zero-order valence-corrected chi connectivity index (χ0v) is 25.9. The number of hydrogen-bond acceptors (Lipinski definition) is 5. The quantitative estimate of drug-likeness (QED) is 0.300. The van der Waals surface area contributed by atoms with Crippen LogP contribution < -0.4 is 0 Å². The molecule has 0 spiro atoms. The molecule has 0 aromatic carbocycles. The standard InChI is InChI=1S/C34H54O5/c1-21(36)38-28-14-18-33(7)25(30(28,3)4)13-16-31(5)19-23-9-11-27-32(6,24(23)10-12-26(31)33)17-15-29(39-22(2)37)34(27,8)20-35/h9,24-29,35H,10-20H2,1-8H3. The predicted molar refractivity (Wildman–Crippen MR) is 153 cm³/mol. The number of aliphatic hydroxyl groups is 1. The summed E-state index contributed by atoms with van der Waals surface area (Å²) in [4.78, 5) is 23.9. The number of carbonyl (C=O) groups is 2. The molecule has 0 aromatic rings. The van der Waals surface area contributed by atoms with E-state index in [0.29, 0.717) is 23.7 Å². The van der Waals surface area contributed by atoms with Crippen molar-refractivity contribution < 1.29 is 24.2 Å². The van der Waals surface area contributed by atoms with E-state index in [4.69, 9.17) is 9.47 Å². The SMILES string of the molecule is CC(=O)OC1CCC2(C)C3CCC4C(=CCC5C(C)(CO)C(OC(C)=O)CCC45C)CC3(C)CCC2C1(C)C. The summed E-state index contributed by atoms with van der Waals surface area (Å²) in [6, 6.07) is 0. The largest absolute Gasteiger partial charge is 0.462 e. The predicted octanol–water partition coefficient (Wildman–Crippen LogP) is 7.25. The number of fused-ring (bicyclic) bond motifs is 6. The summed E-state index contributed by atoms with van der Waals surface area (Å²) in [5.74, 6) is 1.64. The summed E-state index contributed by atoms with van der Waals surface area (Å²) < 4.78 is 11.7. The van der Waals surface area contributed by atoms with Crippen molar-refractivity contribution in [2.45, 2.75) is 132 Å². The number of ether oxygens (including phenoxy) is 2. The number of esters is 2. The second-order valence-electron chi connectivity index (χ2n) is 15.9. The van der Waals surface area contributed by atoms with Gasteiger partial charge in [0.15, 0.2) is 0 Å². The van der Waals surface area contributed by atoms with Crippen LogP contribution in [0.4, 0.5) is 0 Å². The molecule has 0 aliphatic heterocycles. The van der Waals surface area contributed by atoms with E-state index >= 15 is 0 Å². The second kappa shape index (κ2) is 9.60. The number of hydrogen-bond donors (Lipinski definition) is 1. The van der Waals surface area contributed by atoms with Crippen molar-refractivity contribution in [3.63, 3.8) is 0 Å². The van der Waals surface area contributed by atoms with Crippen molar-refractivity contribution in [3.8, 4) is 0 Å². The van der Waals surface area contributed by atoms with Crippen LogP contribution in [0.15, 0.2) is 11.6 Å². The monoisotopic (exact) mass is 542 g/mol. The maximum absolute atomic E-state index is 11.9. The highest BCUT2D eigenvalue weighted by Crippen LogP contribution is 2.70. The summed E-state index contributed by atoms with van der Waals surface area (Å²) in [5, 5.41) is 10.7. The van der Waals surface area contributed by atoms with E-state index in [2.05, 4.69) is 47.6 Å². The molecule has 10 atom stereocenters. The fourth-order valence-electron chi connectivity index (χ4n) is 11.8. The Balaban J connectivity index is 1.45. The van der Waals surface area contributed by atoms with Gasteiger partial charge in [-0.3, -0.25) is 9.59 Å². The Morgan fingerprint density at radius 2 is 1.41 bits per heavy atom. The normalized spacial score (nSPS) is 48.7. The first-order valence-electron chi connectivity index (χ1n) is 15.8.